The van der Waals surface area contributed by atoms with Crippen molar-refractivity contribution in [2.24, 2.45) is 0 Å². The second-order valence-electron chi connectivity index (χ2n) is 3.59. The number of carbonyl (C=O) groups excluding carboxylic acids is 1. The van der Waals surface area contributed by atoms with E-state index in [4.69, 9.17) is 4.52 Å². The van der Waals surface area contributed by atoms with Crippen molar-refractivity contribution in [2.45, 2.75) is 13.8 Å². The van der Waals surface area contributed by atoms with Gasteiger partial charge < -0.3 is 9.51 Å². The molecule has 2 heterocycles. The molecule has 2 rings (SSSR count). The highest BCUT2D eigenvalue weighted by atomic mass is 79.9. The molecule has 0 aliphatic rings. The van der Waals surface area contributed by atoms with Crippen LogP contribution in [0.3, 0.4) is 0 Å². The van der Waals surface area contributed by atoms with E-state index in [2.05, 4.69) is 36.4 Å². The summed E-state index contributed by atoms with van der Waals surface area (Å²) in [6, 6.07) is 1.39. The van der Waals surface area contributed by atoms with Gasteiger partial charge in [-0.15, -0.1) is 0 Å². The molecule has 0 fully saturated rings. The summed E-state index contributed by atoms with van der Waals surface area (Å²) >= 11 is 3.24. The predicted molar refractivity (Wildman–Crippen MR) is 66.5 cm³/mol. The molecular weight excluding hydrogens is 304 g/mol. The fraction of sp³-hybridized carbons (Fsp3) is 0.200. The lowest BCUT2D eigenvalue weighted by molar-refractivity contribution is 0.102. The van der Waals surface area contributed by atoms with E-state index in [1.54, 1.807) is 13.8 Å². The van der Waals surface area contributed by atoms with E-state index >= 15 is 0 Å². The van der Waals surface area contributed by atoms with E-state index < -0.39 is 11.5 Å². The Morgan fingerprint density at radius 3 is 2.83 bits per heavy atom. The molecule has 0 atom stereocenters. The fourth-order valence-corrected chi connectivity index (χ4v) is 1.61. The smallest absolute Gasteiger partial charge is 0.325 e. The van der Waals surface area contributed by atoms with Crippen LogP contribution in [-0.2, 0) is 0 Å². The van der Waals surface area contributed by atoms with Crippen molar-refractivity contribution in [3.63, 3.8) is 0 Å². The number of nitrogens with zero attached hydrogens (tertiary/aromatic N) is 2. The number of aryl methyl sites for hydroxylation is 2. The van der Waals surface area contributed by atoms with Gasteiger partial charge in [-0.3, -0.25) is 14.9 Å². The van der Waals surface area contributed by atoms with Gasteiger partial charge in [0.1, 0.15) is 5.56 Å². The second-order valence-corrected chi connectivity index (χ2v) is 4.44. The van der Waals surface area contributed by atoms with Crippen LogP contribution in [0.5, 0.6) is 0 Å². The van der Waals surface area contributed by atoms with Gasteiger partial charge in [0.25, 0.3) is 11.5 Å². The summed E-state index contributed by atoms with van der Waals surface area (Å²) in [5.74, 6) is -0.218. The summed E-state index contributed by atoms with van der Waals surface area (Å²) in [6.45, 7) is 3.34. The molecule has 0 aliphatic carbocycles. The first kappa shape index (κ1) is 12.5. The number of nitrogens with one attached hydrogen (secondary N) is 2. The summed E-state index contributed by atoms with van der Waals surface area (Å²) in [7, 11) is 0. The summed E-state index contributed by atoms with van der Waals surface area (Å²) < 4.78 is 5.37. The molecule has 0 saturated carbocycles. The summed E-state index contributed by atoms with van der Waals surface area (Å²) in [5, 5.41) is 5.87. The number of hydrogen-bond acceptors (Lipinski definition) is 5. The van der Waals surface area contributed by atoms with Crippen LogP contribution in [0.15, 0.2) is 19.9 Å². The minimum absolute atomic E-state index is 0.0386. The highest BCUT2D eigenvalue weighted by molar-refractivity contribution is 9.10. The van der Waals surface area contributed by atoms with Gasteiger partial charge in [-0.2, -0.15) is 4.98 Å². The maximum atomic E-state index is 11.8. The molecule has 2 aromatic rings. The van der Waals surface area contributed by atoms with Crippen LogP contribution in [-0.4, -0.2) is 21.0 Å². The Kier molecular flexibility index (Phi) is 3.28. The van der Waals surface area contributed by atoms with Gasteiger partial charge in [0.2, 0.25) is 0 Å². The molecule has 0 radical (unpaired) electrons. The third-order valence-electron chi connectivity index (χ3n) is 2.17. The van der Waals surface area contributed by atoms with Crippen LogP contribution in [0.25, 0.3) is 0 Å². The molecule has 0 unspecified atom stereocenters. The van der Waals surface area contributed by atoms with E-state index in [0.29, 0.717) is 16.0 Å². The SMILES string of the molecule is Cc1noc(NC(=O)c2cc(Br)c(C)[nH]c2=O)n1. The third-order valence-corrected chi connectivity index (χ3v) is 2.99. The zero-order valence-corrected chi connectivity index (χ0v) is 11.2. The first-order valence-corrected chi connectivity index (χ1v) is 5.78. The standard InChI is InChI=1S/C10H9BrN4O3/c1-4-7(11)3-6(8(16)12-4)9(17)14-10-13-5(2)15-18-10/h3H,1-2H3,(H,12,16)(H,13,14,15,17). The van der Waals surface area contributed by atoms with Gasteiger partial charge >= 0.3 is 6.01 Å². The van der Waals surface area contributed by atoms with Crippen molar-refractivity contribution in [2.75, 3.05) is 5.32 Å². The summed E-state index contributed by atoms with van der Waals surface area (Å²) in [6.07, 6.45) is 0. The molecule has 18 heavy (non-hydrogen) atoms. The number of carbonyl (C=O) groups is 1. The van der Waals surface area contributed by atoms with Crippen molar-refractivity contribution >= 4 is 27.9 Å². The van der Waals surface area contributed by atoms with Gasteiger partial charge in [0.15, 0.2) is 5.82 Å². The third kappa shape index (κ3) is 2.48. The minimum Gasteiger partial charge on any atom is -0.325 e. The average Bonchev–Trinajstić information content (AvgIpc) is 2.69. The highest BCUT2D eigenvalue weighted by Crippen LogP contribution is 2.13. The van der Waals surface area contributed by atoms with Crippen LogP contribution in [0.2, 0.25) is 0 Å². The maximum Gasteiger partial charge on any atom is 0.328 e. The van der Waals surface area contributed by atoms with Crippen molar-refractivity contribution < 1.29 is 9.32 Å². The Labute approximate surface area is 110 Å². The molecule has 94 valence electrons. The lowest BCUT2D eigenvalue weighted by Crippen LogP contribution is -2.23. The van der Waals surface area contributed by atoms with Crippen molar-refractivity contribution in [3.05, 3.63) is 38.0 Å². The van der Waals surface area contributed by atoms with E-state index in [1.165, 1.54) is 6.07 Å². The average molecular weight is 313 g/mol. The number of halogens is 1. The molecule has 0 spiro atoms. The van der Waals surface area contributed by atoms with Gasteiger partial charge in [-0.25, -0.2) is 0 Å². The number of aromatic nitrogens is 3. The van der Waals surface area contributed by atoms with E-state index in [9.17, 15) is 9.59 Å². The number of anilines is 1. The van der Waals surface area contributed by atoms with Gasteiger partial charge in [0.05, 0.1) is 0 Å². The molecule has 8 heteroatoms. The van der Waals surface area contributed by atoms with Gasteiger partial charge in [-0.05, 0) is 35.8 Å². The van der Waals surface area contributed by atoms with E-state index in [0.717, 1.165) is 0 Å². The second kappa shape index (κ2) is 4.73. The van der Waals surface area contributed by atoms with Crippen LogP contribution < -0.4 is 10.9 Å². The number of rotatable bonds is 2. The monoisotopic (exact) mass is 312 g/mol. The quantitative estimate of drug-likeness (QED) is 0.872. The number of amides is 1. The van der Waals surface area contributed by atoms with Crippen LogP contribution in [0.1, 0.15) is 21.9 Å². The van der Waals surface area contributed by atoms with Crippen molar-refractivity contribution in [1.82, 2.24) is 15.1 Å². The van der Waals surface area contributed by atoms with Gasteiger partial charge in [0, 0.05) is 10.2 Å². The summed E-state index contributed by atoms with van der Waals surface area (Å²) in [4.78, 5) is 29.8. The molecule has 0 aliphatic heterocycles. The normalized spacial score (nSPS) is 10.4. The van der Waals surface area contributed by atoms with Crippen molar-refractivity contribution in [3.8, 4) is 0 Å². The molecule has 1 amide bonds. The number of hydrogen-bond donors (Lipinski definition) is 2. The molecule has 0 bridgehead atoms. The molecule has 0 saturated heterocycles. The molecule has 2 N–H and O–H groups in total. The Morgan fingerprint density at radius 1 is 1.50 bits per heavy atom. The zero-order chi connectivity index (χ0) is 13.3. The Balaban J connectivity index is 2.29. The highest BCUT2D eigenvalue weighted by Gasteiger charge is 2.15. The first-order valence-electron chi connectivity index (χ1n) is 4.98. The van der Waals surface area contributed by atoms with Crippen molar-refractivity contribution in [1.29, 1.82) is 0 Å². The fourth-order valence-electron chi connectivity index (χ4n) is 1.28. The van der Waals surface area contributed by atoms with Gasteiger partial charge in [-0.1, -0.05) is 5.16 Å². The Hall–Kier alpha value is -1.96. The Bertz CT molecular complexity index is 661. The Morgan fingerprint density at radius 2 is 2.22 bits per heavy atom. The van der Waals surface area contributed by atoms with E-state index in [1.807, 2.05) is 0 Å². The number of H-pyrrole nitrogens is 1. The lowest BCUT2D eigenvalue weighted by atomic mass is 10.2. The molecule has 7 nitrogen and oxygen atoms in total. The number of aromatic amines is 1. The minimum atomic E-state index is -0.611. The lowest BCUT2D eigenvalue weighted by Gasteiger charge is -2.02. The van der Waals surface area contributed by atoms with Crippen LogP contribution in [0, 0.1) is 13.8 Å². The molecular formula is C10H9BrN4O3. The molecule has 0 aromatic carbocycles. The summed E-state index contributed by atoms with van der Waals surface area (Å²) in [5.41, 5.74) is 0.123. The predicted octanol–water partition coefficient (Wildman–Crippen LogP) is 1.39. The van der Waals surface area contributed by atoms with Crippen LogP contribution >= 0.6 is 15.9 Å². The first-order chi connectivity index (χ1) is 8.47. The molecule has 2 aromatic heterocycles. The maximum absolute atomic E-state index is 11.8. The largest absolute Gasteiger partial charge is 0.328 e. The van der Waals surface area contributed by atoms with Crippen LogP contribution in [0.4, 0.5) is 6.01 Å². The number of pyridine rings is 1. The van der Waals surface area contributed by atoms with E-state index in [-0.39, 0.29) is 11.6 Å². The topological polar surface area (TPSA) is 101 Å². The zero-order valence-electron chi connectivity index (χ0n) is 9.57.